The van der Waals surface area contributed by atoms with E-state index in [0.29, 0.717) is 28.0 Å². The van der Waals surface area contributed by atoms with Crippen molar-refractivity contribution in [3.05, 3.63) is 143 Å². The molecule has 7 aromatic rings. The number of nitrogens with one attached hydrogen (secondary N) is 3. The van der Waals surface area contributed by atoms with Gasteiger partial charge in [0, 0.05) is 32.2 Å². The second-order valence-electron chi connectivity index (χ2n) is 13.2. The summed E-state index contributed by atoms with van der Waals surface area (Å²) in [7, 11) is -4.99. The quantitative estimate of drug-likeness (QED) is 0.0629. The number of hydrogen-bond acceptors (Lipinski definition) is 12. The van der Waals surface area contributed by atoms with E-state index in [1.807, 2.05) is 25.2 Å². The minimum Gasteiger partial charge on any atom is -0.497 e. The highest BCUT2D eigenvalue weighted by Crippen LogP contribution is 2.32. The summed E-state index contributed by atoms with van der Waals surface area (Å²) in [5.41, 5.74) is 0.207. The Bertz CT molecular complexity index is 2790. The van der Waals surface area contributed by atoms with Crippen molar-refractivity contribution >= 4 is 95.0 Å². The molecule has 15 nitrogen and oxygen atoms in total. The van der Waals surface area contributed by atoms with E-state index in [1.165, 1.54) is 94.3 Å². The number of methoxy groups -OCH3 is 3. The first-order chi connectivity index (χ1) is 30.5. The standard InChI is InChI=1S/C23H21N3O6S2.C9H5Br2N.C7H9NO3S.C5H13N/c1-31-16-7-11-18(12-8-16)33(27,28)25-22-15-24-23(21-6-4-3-5-20(21)22)26-34(29,30)19-13-9-17(32-2)10-14-19;10-8-5-12-9(11)7-4-2-1-3-6(7)8;1-11-6-2-4-7(5-3-6)12(8,9)10;1-3-4-5-6-2/h3-15,25H,1-2H3,(H,24,26);1-5H;2-5H,1H3,(H2,8,9,10);6H,3-5H2,1-2H3. The normalized spacial score (nSPS) is 11.1. The lowest BCUT2D eigenvalue weighted by Gasteiger charge is -2.14. The average Bonchev–Trinajstić information content (AvgIpc) is 3.30. The number of pyridine rings is 2. The number of nitrogens with two attached hydrogens (primary N) is 1. The predicted octanol–water partition coefficient (Wildman–Crippen LogP) is 8.96. The van der Waals surface area contributed by atoms with E-state index < -0.39 is 30.1 Å². The summed E-state index contributed by atoms with van der Waals surface area (Å²) in [6.45, 7) is 3.36. The van der Waals surface area contributed by atoms with E-state index >= 15 is 0 Å². The molecule has 5 aromatic carbocycles. The highest BCUT2D eigenvalue weighted by molar-refractivity contribution is 9.11. The van der Waals surface area contributed by atoms with Crippen molar-refractivity contribution < 1.29 is 39.5 Å². The zero-order chi connectivity index (χ0) is 46.9. The lowest BCUT2D eigenvalue weighted by atomic mass is 10.1. The molecule has 0 saturated carbocycles. The fraction of sp³-hybridized carbons (Fsp3) is 0.182. The number of nitrogens with zero attached hydrogens (tertiary/aromatic N) is 2. The van der Waals surface area contributed by atoms with Crippen molar-refractivity contribution in [2.24, 2.45) is 5.14 Å². The fourth-order valence-electron chi connectivity index (χ4n) is 5.50. The molecule has 0 atom stereocenters. The summed E-state index contributed by atoms with van der Waals surface area (Å²) >= 11 is 6.85. The number of fused-ring (bicyclic) bond motifs is 2. The van der Waals surface area contributed by atoms with Crippen LogP contribution in [0.3, 0.4) is 0 Å². The van der Waals surface area contributed by atoms with Crippen LogP contribution in [0.25, 0.3) is 21.5 Å². The van der Waals surface area contributed by atoms with Crippen LogP contribution < -0.4 is 34.1 Å². The molecular formula is C44H48Br2N6O9S3. The molecule has 0 spiro atoms. The van der Waals surface area contributed by atoms with Crippen LogP contribution in [0, 0.1) is 0 Å². The Kier molecular flexibility index (Phi) is 19.3. The van der Waals surface area contributed by atoms with Crippen LogP contribution in [-0.2, 0) is 30.1 Å². The topological polar surface area (TPSA) is 218 Å². The van der Waals surface area contributed by atoms with Gasteiger partial charge in [-0.05, 0) is 125 Å². The SMILES string of the molecule is Brc1cnc(Br)c2ccccc12.CCCCNC.COc1ccc(S(=O)(=O)Nc2cnc(NS(=O)(=O)c3ccc(OC)cc3)c3ccccc23)cc1.COc1ccc(S(N)(=O)=O)cc1. The van der Waals surface area contributed by atoms with Gasteiger partial charge in [-0.1, -0.05) is 61.9 Å². The molecule has 20 heteroatoms. The third-order valence-corrected chi connectivity index (χ3v) is 13.8. The lowest BCUT2D eigenvalue weighted by molar-refractivity contribution is 0.414. The molecule has 0 amide bonds. The Morgan fingerprint density at radius 1 is 0.562 bits per heavy atom. The predicted molar refractivity (Wildman–Crippen MR) is 260 cm³/mol. The van der Waals surface area contributed by atoms with Crippen molar-refractivity contribution in [1.29, 1.82) is 0 Å². The van der Waals surface area contributed by atoms with Crippen LogP contribution in [0.4, 0.5) is 11.5 Å². The van der Waals surface area contributed by atoms with Crippen LogP contribution in [0.5, 0.6) is 17.2 Å². The molecule has 0 aliphatic carbocycles. The van der Waals surface area contributed by atoms with Gasteiger partial charge in [-0.3, -0.25) is 9.44 Å². The molecule has 0 bridgehead atoms. The molecule has 64 heavy (non-hydrogen) atoms. The Morgan fingerprint density at radius 3 is 1.42 bits per heavy atom. The van der Waals surface area contributed by atoms with Crippen molar-refractivity contribution in [2.75, 3.05) is 44.4 Å². The van der Waals surface area contributed by atoms with Crippen LogP contribution in [-0.4, -0.2) is 70.1 Å². The van der Waals surface area contributed by atoms with E-state index in [-0.39, 0.29) is 26.2 Å². The molecule has 7 rings (SSSR count). The van der Waals surface area contributed by atoms with Crippen molar-refractivity contribution in [1.82, 2.24) is 15.3 Å². The number of sulfonamides is 3. The summed E-state index contributed by atoms with van der Waals surface area (Å²) in [5.74, 6) is 1.72. The second kappa shape index (κ2) is 24.1. The first-order valence-corrected chi connectivity index (χ1v) is 25.3. The van der Waals surface area contributed by atoms with Crippen LogP contribution >= 0.6 is 31.9 Å². The highest BCUT2D eigenvalue weighted by Gasteiger charge is 2.20. The van der Waals surface area contributed by atoms with Gasteiger partial charge in [0.05, 0.1) is 47.9 Å². The zero-order valence-electron chi connectivity index (χ0n) is 35.4. The van der Waals surface area contributed by atoms with Crippen LogP contribution in [0.2, 0.25) is 0 Å². The van der Waals surface area contributed by atoms with Gasteiger partial charge in [0.2, 0.25) is 10.0 Å². The molecule has 0 unspecified atom stereocenters. The third kappa shape index (κ3) is 14.6. The summed E-state index contributed by atoms with van der Waals surface area (Å²) in [5, 5.41) is 11.2. The van der Waals surface area contributed by atoms with Gasteiger partial charge in [0.1, 0.15) is 27.7 Å². The minimum atomic E-state index is -3.95. The Labute approximate surface area is 391 Å². The highest BCUT2D eigenvalue weighted by atomic mass is 79.9. The van der Waals surface area contributed by atoms with Crippen molar-refractivity contribution in [3.8, 4) is 17.2 Å². The molecule has 2 aromatic heterocycles. The number of halogens is 2. The summed E-state index contributed by atoms with van der Waals surface area (Å²) in [6.07, 6.45) is 5.67. The maximum Gasteiger partial charge on any atom is 0.263 e. The number of rotatable bonds is 13. The second-order valence-corrected chi connectivity index (χ2v) is 19.8. The van der Waals surface area contributed by atoms with Gasteiger partial charge < -0.3 is 19.5 Å². The first kappa shape index (κ1) is 51.3. The van der Waals surface area contributed by atoms with Crippen molar-refractivity contribution in [3.63, 3.8) is 0 Å². The number of benzene rings is 5. The number of anilines is 2. The number of ether oxygens (including phenoxy) is 3. The third-order valence-electron chi connectivity index (χ3n) is 8.88. The number of primary sulfonamides is 1. The monoisotopic (exact) mass is 1060 g/mol. The van der Waals surface area contributed by atoms with E-state index in [0.717, 1.165) is 21.0 Å². The van der Waals surface area contributed by atoms with E-state index in [4.69, 9.17) is 19.3 Å². The fourth-order valence-corrected chi connectivity index (χ4v) is 9.00. The van der Waals surface area contributed by atoms with Gasteiger partial charge >= 0.3 is 0 Å². The van der Waals surface area contributed by atoms with Gasteiger partial charge in [0.15, 0.2) is 0 Å². The smallest absolute Gasteiger partial charge is 0.263 e. The molecule has 0 aliphatic heterocycles. The van der Waals surface area contributed by atoms with Gasteiger partial charge in [-0.15, -0.1) is 0 Å². The molecule has 0 fully saturated rings. The first-order valence-electron chi connectivity index (χ1n) is 19.2. The summed E-state index contributed by atoms with van der Waals surface area (Å²) in [6, 6.07) is 32.6. The lowest BCUT2D eigenvalue weighted by Crippen LogP contribution is -2.16. The number of hydrogen-bond donors (Lipinski definition) is 4. The Balaban J connectivity index is 0.000000241. The molecular weight excluding hydrogens is 1010 g/mol. The molecule has 2 heterocycles. The number of aromatic nitrogens is 2. The van der Waals surface area contributed by atoms with Gasteiger partial charge in [0.25, 0.3) is 20.0 Å². The zero-order valence-corrected chi connectivity index (χ0v) is 41.1. The average molecular weight is 1060 g/mol. The maximum absolute atomic E-state index is 12.9. The molecule has 340 valence electrons. The maximum atomic E-state index is 12.9. The Hall–Kier alpha value is -5.35. The minimum absolute atomic E-state index is 0.0310. The molecule has 0 aliphatic rings. The summed E-state index contributed by atoms with van der Waals surface area (Å²) in [4.78, 5) is 8.53. The molecule has 0 radical (unpaired) electrons. The van der Waals surface area contributed by atoms with Crippen LogP contribution in [0.15, 0.2) is 157 Å². The number of unbranched alkanes of at least 4 members (excludes halogenated alkanes) is 1. The van der Waals surface area contributed by atoms with Crippen LogP contribution in [0.1, 0.15) is 19.8 Å². The Morgan fingerprint density at radius 2 is 1.00 bits per heavy atom. The van der Waals surface area contributed by atoms with E-state index in [2.05, 4.69) is 69.6 Å². The molecule has 5 N–H and O–H groups in total. The van der Waals surface area contributed by atoms with E-state index in [1.54, 1.807) is 54.7 Å². The van der Waals surface area contributed by atoms with Gasteiger partial charge in [-0.25, -0.2) is 40.4 Å². The van der Waals surface area contributed by atoms with E-state index in [9.17, 15) is 25.3 Å². The molecule has 0 saturated heterocycles. The largest absolute Gasteiger partial charge is 0.497 e. The van der Waals surface area contributed by atoms with Crippen molar-refractivity contribution in [2.45, 2.75) is 34.5 Å². The summed E-state index contributed by atoms with van der Waals surface area (Å²) < 4.78 is 95.0. The van der Waals surface area contributed by atoms with Gasteiger partial charge in [-0.2, -0.15) is 0 Å².